The minimum atomic E-state index is 0.0865. The summed E-state index contributed by atoms with van der Waals surface area (Å²) in [4.78, 5) is 4.79. The van der Waals surface area contributed by atoms with E-state index in [1.54, 1.807) is 0 Å². The average molecular weight is 467 g/mol. The summed E-state index contributed by atoms with van der Waals surface area (Å²) in [5.41, 5.74) is 1.36. The summed E-state index contributed by atoms with van der Waals surface area (Å²) in [5.74, 6) is 0. The van der Waals surface area contributed by atoms with Crippen molar-refractivity contribution >= 4 is 28.9 Å². The Bertz CT molecular complexity index is 720. The first-order chi connectivity index (χ1) is 14.6. The SMILES string of the molecule is CC1(C)CC(NC(=S)N(CCCN2CCOCC2)Cc2cccc(Cl)c2)CC(C)(C)N1. The van der Waals surface area contributed by atoms with Crippen molar-refractivity contribution in [3.05, 3.63) is 34.9 Å². The molecule has 5 nitrogen and oxygen atoms in total. The van der Waals surface area contributed by atoms with Gasteiger partial charge in [-0.3, -0.25) is 4.90 Å². The fourth-order valence-corrected chi connectivity index (χ4v) is 5.64. The quantitative estimate of drug-likeness (QED) is 0.591. The van der Waals surface area contributed by atoms with Gasteiger partial charge in [0.15, 0.2) is 5.11 Å². The van der Waals surface area contributed by atoms with Gasteiger partial charge in [0.05, 0.1) is 13.2 Å². The second-order valence-electron chi connectivity index (χ2n) is 10.3. The highest BCUT2D eigenvalue weighted by atomic mass is 35.5. The zero-order valence-corrected chi connectivity index (χ0v) is 21.1. The van der Waals surface area contributed by atoms with Crippen LogP contribution in [-0.4, -0.2) is 71.4 Å². The molecular formula is C24H39ClN4OS. The van der Waals surface area contributed by atoms with Gasteiger partial charge in [-0.1, -0.05) is 23.7 Å². The topological polar surface area (TPSA) is 39.8 Å². The second-order valence-corrected chi connectivity index (χ2v) is 11.1. The monoisotopic (exact) mass is 466 g/mol. The van der Waals surface area contributed by atoms with E-state index in [-0.39, 0.29) is 11.1 Å². The highest BCUT2D eigenvalue weighted by molar-refractivity contribution is 7.80. The van der Waals surface area contributed by atoms with E-state index in [0.29, 0.717) is 6.04 Å². The Labute approximate surface area is 198 Å². The maximum absolute atomic E-state index is 6.24. The van der Waals surface area contributed by atoms with Gasteiger partial charge in [0.25, 0.3) is 0 Å². The van der Waals surface area contributed by atoms with Gasteiger partial charge in [-0.25, -0.2) is 0 Å². The third kappa shape index (κ3) is 8.17. The van der Waals surface area contributed by atoms with Gasteiger partial charge in [0.2, 0.25) is 0 Å². The lowest BCUT2D eigenvalue weighted by Gasteiger charge is -2.47. The number of thiocarbonyl (C=S) groups is 1. The van der Waals surface area contributed by atoms with Gasteiger partial charge < -0.3 is 20.3 Å². The second kappa shape index (κ2) is 10.8. The van der Waals surface area contributed by atoms with Crippen molar-refractivity contribution in [2.75, 3.05) is 39.4 Å². The number of halogens is 1. The first-order valence-electron chi connectivity index (χ1n) is 11.5. The van der Waals surface area contributed by atoms with E-state index in [9.17, 15) is 0 Å². The number of hydrogen-bond donors (Lipinski definition) is 2. The van der Waals surface area contributed by atoms with Gasteiger partial charge >= 0.3 is 0 Å². The molecule has 0 amide bonds. The maximum atomic E-state index is 6.24. The van der Waals surface area contributed by atoms with Crippen LogP contribution in [0.4, 0.5) is 0 Å². The summed E-state index contributed by atoms with van der Waals surface area (Å²) in [6.45, 7) is 15.6. The number of benzene rings is 1. The van der Waals surface area contributed by atoms with Crippen LogP contribution in [0.15, 0.2) is 24.3 Å². The highest BCUT2D eigenvalue weighted by Crippen LogP contribution is 2.28. The Kier molecular flexibility index (Phi) is 8.61. The van der Waals surface area contributed by atoms with Crippen LogP contribution < -0.4 is 10.6 Å². The smallest absolute Gasteiger partial charge is 0.169 e. The van der Waals surface area contributed by atoms with Crippen molar-refractivity contribution in [3.8, 4) is 0 Å². The molecule has 0 aromatic heterocycles. The van der Waals surface area contributed by atoms with Gasteiger partial charge in [-0.15, -0.1) is 0 Å². The average Bonchev–Trinajstić information content (AvgIpc) is 2.65. The molecule has 0 saturated carbocycles. The lowest BCUT2D eigenvalue weighted by Crippen LogP contribution is -2.62. The number of nitrogens with zero attached hydrogens (tertiary/aromatic N) is 2. The fourth-order valence-electron chi connectivity index (χ4n) is 5.11. The lowest BCUT2D eigenvalue weighted by molar-refractivity contribution is 0.0367. The van der Waals surface area contributed by atoms with Crippen molar-refractivity contribution in [1.82, 2.24) is 20.4 Å². The Hall–Kier alpha value is -0.920. The molecular weight excluding hydrogens is 428 g/mol. The zero-order chi connectivity index (χ0) is 22.5. The lowest BCUT2D eigenvalue weighted by atomic mass is 9.80. The van der Waals surface area contributed by atoms with E-state index in [1.807, 2.05) is 18.2 Å². The first-order valence-corrected chi connectivity index (χ1v) is 12.3. The summed E-state index contributed by atoms with van der Waals surface area (Å²) in [6.07, 6.45) is 3.18. The Morgan fingerprint density at radius 1 is 1.23 bits per heavy atom. The molecule has 7 heteroatoms. The van der Waals surface area contributed by atoms with Crippen molar-refractivity contribution in [2.45, 2.75) is 70.6 Å². The molecule has 0 unspecified atom stereocenters. The molecule has 2 aliphatic rings. The van der Waals surface area contributed by atoms with E-state index in [0.717, 1.165) is 75.3 Å². The van der Waals surface area contributed by atoms with Crippen LogP contribution in [0, 0.1) is 0 Å². The van der Waals surface area contributed by atoms with Crippen molar-refractivity contribution in [3.63, 3.8) is 0 Å². The molecule has 2 N–H and O–H groups in total. The molecule has 2 heterocycles. The van der Waals surface area contributed by atoms with Crippen molar-refractivity contribution in [1.29, 1.82) is 0 Å². The van der Waals surface area contributed by atoms with Gasteiger partial charge in [-0.2, -0.15) is 0 Å². The molecule has 1 aromatic rings. The summed E-state index contributed by atoms with van der Waals surface area (Å²) in [7, 11) is 0. The first kappa shape index (κ1) is 24.7. The minimum absolute atomic E-state index is 0.0865. The van der Waals surface area contributed by atoms with Gasteiger partial charge in [0.1, 0.15) is 0 Å². The molecule has 2 aliphatic heterocycles. The molecule has 0 radical (unpaired) electrons. The molecule has 0 atom stereocenters. The normalized spacial score (nSPS) is 21.6. The molecule has 0 aliphatic carbocycles. The molecule has 1 aromatic carbocycles. The predicted octanol–water partition coefficient (Wildman–Crippen LogP) is 4.05. The van der Waals surface area contributed by atoms with Gasteiger partial charge in [0, 0.05) is 54.9 Å². The molecule has 2 fully saturated rings. The minimum Gasteiger partial charge on any atom is -0.379 e. The Morgan fingerprint density at radius 2 is 1.90 bits per heavy atom. The van der Waals surface area contributed by atoms with Crippen molar-refractivity contribution < 1.29 is 4.74 Å². The number of piperidine rings is 1. The van der Waals surface area contributed by atoms with E-state index < -0.39 is 0 Å². The van der Waals surface area contributed by atoms with Crippen molar-refractivity contribution in [2.24, 2.45) is 0 Å². The van der Waals surface area contributed by atoms with Crippen LogP contribution in [0.2, 0.25) is 5.02 Å². The van der Waals surface area contributed by atoms with E-state index in [2.05, 4.69) is 54.2 Å². The number of morpholine rings is 1. The van der Waals surface area contributed by atoms with Crippen LogP contribution in [-0.2, 0) is 11.3 Å². The van der Waals surface area contributed by atoms with E-state index in [4.69, 9.17) is 28.6 Å². The Balaban J connectivity index is 1.63. The number of nitrogens with one attached hydrogen (secondary N) is 2. The molecule has 0 spiro atoms. The number of rotatable bonds is 7. The summed E-state index contributed by atoms with van der Waals surface area (Å²) in [6, 6.07) is 8.46. The van der Waals surface area contributed by atoms with E-state index in [1.165, 1.54) is 5.56 Å². The summed E-state index contributed by atoms with van der Waals surface area (Å²) in [5, 5.41) is 9.08. The van der Waals surface area contributed by atoms with E-state index >= 15 is 0 Å². The maximum Gasteiger partial charge on any atom is 0.169 e. The molecule has 0 bridgehead atoms. The fraction of sp³-hybridized carbons (Fsp3) is 0.708. The standard InChI is InChI=1S/C24H39ClN4OS/c1-23(2)16-21(17-24(3,4)27-23)26-22(31)29(18-19-7-5-8-20(25)15-19)10-6-9-28-11-13-30-14-12-28/h5,7-8,15,21,27H,6,9-14,16-18H2,1-4H3,(H,26,31). The number of ether oxygens (including phenoxy) is 1. The van der Waals surface area contributed by atoms with Gasteiger partial charge in [-0.05, 0) is 76.9 Å². The summed E-state index contributed by atoms with van der Waals surface area (Å²) < 4.78 is 5.47. The van der Waals surface area contributed by atoms with Crippen LogP contribution in [0.5, 0.6) is 0 Å². The third-order valence-electron chi connectivity index (χ3n) is 6.07. The van der Waals surface area contributed by atoms with Crippen LogP contribution in [0.25, 0.3) is 0 Å². The molecule has 3 rings (SSSR count). The van der Waals surface area contributed by atoms with Crippen LogP contribution in [0.3, 0.4) is 0 Å². The highest BCUT2D eigenvalue weighted by Gasteiger charge is 2.38. The molecule has 2 saturated heterocycles. The largest absolute Gasteiger partial charge is 0.379 e. The summed E-state index contributed by atoms with van der Waals surface area (Å²) >= 11 is 12.2. The van der Waals surface area contributed by atoms with Crippen LogP contribution in [0.1, 0.15) is 52.5 Å². The number of hydrogen-bond acceptors (Lipinski definition) is 4. The zero-order valence-electron chi connectivity index (χ0n) is 19.5. The Morgan fingerprint density at radius 3 is 2.55 bits per heavy atom. The third-order valence-corrected chi connectivity index (χ3v) is 6.68. The predicted molar refractivity (Wildman–Crippen MR) is 134 cm³/mol. The van der Waals surface area contributed by atoms with Crippen LogP contribution >= 0.6 is 23.8 Å². The molecule has 174 valence electrons. The molecule has 31 heavy (non-hydrogen) atoms.